The van der Waals surface area contributed by atoms with Gasteiger partial charge in [-0.15, -0.1) is 11.3 Å². The molecule has 0 aliphatic carbocycles. The Morgan fingerprint density at radius 3 is 2.64 bits per heavy atom. The van der Waals surface area contributed by atoms with E-state index in [2.05, 4.69) is 17.2 Å². The van der Waals surface area contributed by atoms with Gasteiger partial charge in [-0.2, -0.15) is 0 Å². The van der Waals surface area contributed by atoms with Crippen molar-refractivity contribution in [1.29, 1.82) is 0 Å². The Kier molecular flexibility index (Phi) is 5.76. The van der Waals surface area contributed by atoms with Gasteiger partial charge in [-0.25, -0.2) is 13.4 Å². The Hall–Kier alpha value is -1.44. The second kappa shape index (κ2) is 7.85. The van der Waals surface area contributed by atoms with Crippen molar-refractivity contribution in [2.45, 2.75) is 32.9 Å². The lowest BCUT2D eigenvalue weighted by Crippen LogP contribution is -2.35. The molecular formula is C18H24N2O3S2. The highest BCUT2D eigenvalue weighted by molar-refractivity contribution is 7.91. The number of thiazole rings is 1. The van der Waals surface area contributed by atoms with Crippen LogP contribution in [0.25, 0.3) is 10.6 Å². The van der Waals surface area contributed by atoms with Crippen molar-refractivity contribution in [3.63, 3.8) is 0 Å². The van der Waals surface area contributed by atoms with E-state index in [0.717, 1.165) is 35.0 Å². The summed E-state index contributed by atoms with van der Waals surface area (Å²) >= 11 is 1.62. The first-order chi connectivity index (χ1) is 12.0. The molecule has 1 aliphatic heterocycles. The molecule has 5 nitrogen and oxygen atoms in total. The zero-order chi connectivity index (χ0) is 17.9. The van der Waals surface area contributed by atoms with Gasteiger partial charge in [-0.05, 0) is 44.2 Å². The molecule has 2 heterocycles. The Morgan fingerprint density at radius 2 is 2.04 bits per heavy atom. The molecule has 3 rings (SSSR count). The summed E-state index contributed by atoms with van der Waals surface area (Å²) in [5.41, 5.74) is 2.08. The van der Waals surface area contributed by atoms with Crippen molar-refractivity contribution in [3.05, 3.63) is 35.3 Å². The van der Waals surface area contributed by atoms with E-state index in [4.69, 9.17) is 9.72 Å². The molecule has 0 saturated carbocycles. The van der Waals surface area contributed by atoms with Gasteiger partial charge in [-0.3, -0.25) is 4.90 Å². The summed E-state index contributed by atoms with van der Waals surface area (Å²) in [6.45, 7) is 6.23. The summed E-state index contributed by atoms with van der Waals surface area (Å²) in [5, 5.41) is 3.05. The molecule has 0 spiro atoms. The SMILES string of the molecule is CCOc1ccc(-c2nc(CN(CC)C3CCS(=O)(=O)C3)cs2)cc1. The maximum atomic E-state index is 11.7. The van der Waals surface area contributed by atoms with Crippen LogP contribution in [0.5, 0.6) is 5.75 Å². The molecule has 1 aromatic heterocycles. The minimum atomic E-state index is -2.86. The van der Waals surface area contributed by atoms with Crippen molar-refractivity contribution in [2.75, 3.05) is 24.7 Å². The maximum Gasteiger partial charge on any atom is 0.151 e. The average molecular weight is 381 g/mol. The lowest BCUT2D eigenvalue weighted by atomic mass is 10.2. The number of hydrogen-bond acceptors (Lipinski definition) is 6. The molecular weight excluding hydrogens is 356 g/mol. The molecule has 0 N–H and O–H groups in total. The summed E-state index contributed by atoms with van der Waals surface area (Å²) in [6.07, 6.45) is 0.728. The van der Waals surface area contributed by atoms with Crippen molar-refractivity contribution < 1.29 is 13.2 Å². The third kappa shape index (κ3) is 4.59. The highest BCUT2D eigenvalue weighted by atomic mass is 32.2. The van der Waals surface area contributed by atoms with Crippen LogP contribution in [0.2, 0.25) is 0 Å². The second-order valence-electron chi connectivity index (χ2n) is 6.22. The van der Waals surface area contributed by atoms with Crippen LogP contribution in [-0.2, 0) is 16.4 Å². The predicted octanol–water partition coefficient (Wildman–Crippen LogP) is 3.22. The summed E-state index contributed by atoms with van der Waals surface area (Å²) in [4.78, 5) is 6.96. The number of aromatic nitrogens is 1. The van der Waals surface area contributed by atoms with E-state index in [1.807, 2.05) is 31.2 Å². The first-order valence-electron chi connectivity index (χ1n) is 8.63. The van der Waals surface area contributed by atoms with Crippen LogP contribution >= 0.6 is 11.3 Å². The standard InChI is InChI=1S/C18H24N2O3S2/c1-3-20(16-9-10-25(21,22)13-16)11-15-12-24-18(19-15)14-5-7-17(8-6-14)23-4-2/h5-8,12,16H,3-4,9-11,13H2,1-2H3. The van der Waals surface area contributed by atoms with Gasteiger partial charge in [0.05, 0.1) is 23.8 Å². The Balaban J connectivity index is 1.68. The molecule has 25 heavy (non-hydrogen) atoms. The molecule has 1 atom stereocenters. The Labute approximate surface area is 153 Å². The average Bonchev–Trinajstić information content (AvgIpc) is 3.20. The first kappa shape index (κ1) is 18.4. The molecule has 0 amide bonds. The van der Waals surface area contributed by atoms with E-state index >= 15 is 0 Å². The van der Waals surface area contributed by atoms with E-state index in [1.54, 1.807) is 11.3 Å². The van der Waals surface area contributed by atoms with Crippen molar-refractivity contribution in [3.8, 4) is 16.3 Å². The molecule has 0 radical (unpaired) electrons. The van der Waals surface area contributed by atoms with Gasteiger partial charge in [0, 0.05) is 23.5 Å². The smallest absolute Gasteiger partial charge is 0.151 e. The third-order valence-corrected chi connectivity index (χ3v) is 7.15. The van der Waals surface area contributed by atoms with Gasteiger partial charge in [0.15, 0.2) is 9.84 Å². The van der Waals surface area contributed by atoms with Crippen LogP contribution < -0.4 is 4.74 Å². The van der Waals surface area contributed by atoms with Crippen LogP contribution in [0.4, 0.5) is 0 Å². The van der Waals surface area contributed by atoms with Crippen LogP contribution in [0.3, 0.4) is 0 Å². The monoisotopic (exact) mass is 380 g/mol. The fraction of sp³-hybridized carbons (Fsp3) is 0.500. The van der Waals surface area contributed by atoms with Crippen molar-refractivity contribution in [2.24, 2.45) is 0 Å². The number of nitrogens with zero attached hydrogens (tertiary/aromatic N) is 2. The maximum absolute atomic E-state index is 11.7. The quantitative estimate of drug-likeness (QED) is 0.738. The molecule has 1 fully saturated rings. The van der Waals surface area contributed by atoms with Gasteiger partial charge in [0.2, 0.25) is 0 Å². The normalized spacial score (nSPS) is 19.4. The molecule has 2 aromatic rings. The van der Waals surface area contributed by atoms with E-state index in [-0.39, 0.29) is 11.8 Å². The lowest BCUT2D eigenvalue weighted by Gasteiger charge is -2.25. The Morgan fingerprint density at radius 1 is 1.28 bits per heavy atom. The topological polar surface area (TPSA) is 59.5 Å². The molecule has 136 valence electrons. The fourth-order valence-electron chi connectivity index (χ4n) is 3.14. The molecule has 7 heteroatoms. The fourth-order valence-corrected chi connectivity index (χ4v) is 5.72. The van der Waals surface area contributed by atoms with Crippen LogP contribution in [-0.4, -0.2) is 49.0 Å². The van der Waals surface area contributed by atoms with Gasteiger partial charge < -0.3 is 4.74 Å². The highest BCUT2D eigenvalue weighted by Gasteiger charge is 2.31. The van der Waals surface area contributed by atoms with Crippen molar-refractivity contribution in [1.82, 2.24) is 9.88 Å². The largest absolute Gasteiger partial charge is 0.494 e. The second-order valence-corrected chi connectivity index (χ2v) is 9.31. The number of benzene rings is 1. The first-order valence-corrected chi connectivity index (χ1v) is 11.3. The number of rotatable bonds is 7. The summed E-state index contributed by atoms with van der Waals surface area (Å²) < 4.78 is 28.9. The van der Waals surface area contributed by atoms with E-state index in [1.165, 1.54) is 0 Å². The molecule has 1 saturated heterocycles. The lowest BCUT2D eigenvalue weighted by molar-refractivity contribution is 0.213. The van der Waals surface area contributed by atoms with Crippen molar-refractivity contribution >= 4 is 21.2 Å². The van der Waals surface area contributed by atoms with E-state index < -0.39 is 9.84 Å². The minimum Gasteiger partial charge on any atom is -0.494 e. The number of hydrogen-bond donors (Lipinski definition) is 0. The Bertz CT molecular complexity index is 800. The van der Waals surface area contributed by atoms with Crippen LogP contribution in [0.1, 0.15) is 26.0 Å². The third-order valence-electron chi connectivity index (χ3n) is 4.46. The van der Waals surface area contributed by atoms with Gasteiger partial charge >= 0.3 is 0 Å². The molecule has 1 aromatic carbocycles. The molecule has 0 bridgehead atoms. The van der Waals surface area contributed by atoms with Crippen LogP contribution in [0, 0.1) is 0 Å². The molecule has 1 aliphatic rings. The zero-order valence-electron chi connectivity index (χ0n) is 14.6. The number of ether oxygens (including phenoxy) is 1. The highest BCUT2D eigenvalue weighted by Crippen LogP contribution is 2.27. The van der Waals surface area contributed by atoms with Gasteiger partial charge in [0.25, 0.3) is 0 Å². The van der Waals surface area contributed by atoms with Crippen LogP contribution in [0.15, 0.2) is 29.6 Å². The summed E-state index contributed by atoms with van der Waals surface area (Å²) in [6, 6.07) is 8.08. The van der Waals surface area contributed by atoms with E-state index in [9.17, 15) is 8.42 Å². The van der Waals surface area contributed by atoms with E-state index in [0.29, 0.717) is 18.9 Å². The number of sulfone groups is 1. The van der Waals surface area contributed by atoms with Gasteiger partial charge in [0.1, 0.15) is 10.8 Å². The van der Waals surface area contributed by atoms with Gasteiger partial charge in [-0.1, -0.05) is 6.92 Å². The molecule has 1 unspecified atom stereocenters. The predicted molar refractivity (Wildman–Crippen MR) is 102 cm³/mol. The zero-order valence-corrected chi connectivity index (χ0v) is 16.3. The summed E-state index contributed by atoms with van der Waals surface area (Å²) in [7, 11) is -2.86. The minimum absolute atomic E-state index is 0.116. The summed E-state index contributed by atoms with van der Waals surface area (Å²) in [5.74, 6) is 1.45.